The number of rotatable bonds is 6. The van der Waals surface area contributed by atoms with Crippen LogP contribution in [-0.2, 0) is 9.59 Å². The zero-order valence-corrected chi connectivity index (χ0v) is 20.1. The molecule has 1 saturated heterocycles. The van der Waals surface area contributed by atoms with Crippen molar-refractivity contribution in [2.24, 2.45) is 11.8 Å². The van der Waals surface area contributed by atoms with Crippen molar-refractivity contribution in [3.8, 4) is 6.07 Å². The molecular weight excluding hydrogens is 400 g/mol. The van der Waals surface area contributed by atoms with Crippen LogP contribution in [0.2, 0.25) is 0 Å². The Morgan fingerprint density at radius 1 is 1.19 bits per heavy atom. The van der Waals surface area contributed by atoms with E-state index in [9.17, 15) is 14.9 Å². The van der Waals surface area contributed by atoms with E-state index in [4.69, 9.17) is 0 Å². The molecule has 1 unspecified atom stereocenters. The highest BCUT2D eigenvalue weighted by molar-refractivity contribution is 6.01. The third-order valence-corrected chi connectivity index (χ3v) is 7.01. The average Bonchev–Trinajstić information content (AvgIpc) is 3.08. The van der Waals surface area contributed by atoms with Crippen LogP contribution in [0, 0.1) is 37.0 Å². The van der Waals surface area contributed by atoms with Crippen molar-refractivity contribution in [2.75, 3.05) is 19.6 Å². The SMILES string of the molecule is Cc1cc(/C=C(\C#N)C(=O)N2CCCC(CNC(=O)C(C)C)C2)c(C)n1C1CCCCC1. The van der Waals surface area contributed by atoms with Crippen LogP contribution in [0.4, 0.5) is 0 Å². The van der Waals surface area contributed by atoms with E-state index in [-0.39, 0.29) is 29.2 Å². The first-order chi connectivity index (χ1) is 15.3. The smallest absolute Gasteiger partial charge is 0.264 e. The van der Waals surface area contributed by atoms with Crippen LogP contribution in [-0.4, -0.2) is 40.9 Å². The van der Waals surface area contributed by atoms with Crippen molar-refractivity contribution in [1.82, 2.24) is 14.8 Å². The van der Waals surface area contributed by atoms with Crippen LogP contribution in [0.3, 0.4) is 0 Å². The maximum absolute atomic E-state index is 13.2. The molecule has 1 aromatic heterocycles. The highest BCUT2D eigenvalue weighted by Crippen LogP contribution is 2.33. The monoisotopic (exact) mass is 438 g/mol. The summed E-state index contributed by atoms with van der Waals surface area (Å²) in [6, 6.07) is 4.78. The average molecular weight is 439 g/mol. The second-order valence-corrected chi connectivity index (χ2v) is 9.82. The predicted molar refractivity (Wildman–Crippen MR) is 127 cm³/mol. The summed E-state index contributed by atoms with van der Waals surface area (Å²) in [6.07, 6.45) is 9.89. The fourth-order valence-electron chi connectivity index (χ4n) is 5.18. The molecule has 32 heavy (non-hydrogen) atoms. The summed E-state index contributed by atoms with van der Waals surface area (Å²) < 4.78 is 2.40. The highest BCUT2D eigenvalue weighted by atomic mass is 16.2. The topological polar surface area (TPSA) is 78.1 Å². The van der Waals surface area contributed by atoms with Gasteiger partial charge in [0.05, 0.1) is 0 Å². The zero-order valence-electron chi connectivity index (χ0n) is 20.1. The van der Waals surface area contributed by atoms with Crippen molar-refractivity contribution < 1.29 is 9.59 Å². The van der Waals surface area contributed by atoms with Crippen molar-refractivity contribution in [1.29, 1.82) is 5.26 Å². The van der Waals surface area contributed by atoms with Gasteiger partial charge >= 0.3 is 0 Å². The molecule has 1 saturated carbocycles. The maximum Gasteiger partial charge on any atom is 0.264 e. The van der Waals surface area contributed by atoms with Gasteiger partial charge in [-0.05, 0) is 63.2 Å². The normalized spacial score (nSPS) is 20.3. The number of carbonyl (C=O) groups is 2. The van der Waals surface area contributed by atoms with Gasteiger partial charge in [0.2, 0.25) is 5.91 Å². The highest BCUT2D eigenvalue weighted by Gasteiger charge is 2.27. The van der Waals surface area contributed by atoms with Crippen LogP contribution in [0.5, 0.6) is 0 Å². The Morgan fingerprint density at radius 2 is 1.91 bits per heavy atom. The van der Waals surface area contributed by atoms with E-state index in [2.05, 4.69) is 35.9 Å². The molecule has 0 spiro atoms. The van der Waals surface area contributed by atoms with Crippen LogP contribution in [0.15, 0.2) is 11.6 Å². The number of carbonyl (C=O) groups excluding carboxylic acids is 2. The van der Waals surface area contributed by atoms with E-state index >= 15 is 0 Å². The van der Waals surface area contributed by atoms with Crippen molar-refractivity contribution in [3.63, 3.8) is 0 Å². The minimum Gasteiger partial charge on any atom is -0.356 e. The second-order valence-electron chi connectivity index (χ2n) is 9.82. The number of hydrogen-bond donors (Lipinski definition) is 1. The first-order valence-corrected chi connectivity index (χ1v) is 12.2. The van der Waals surface area contributed by atoms with E-state index in [1.54, 1.807) is 11.0 Å². The fraction of sp³-hybridized carbons (Fsp3) is 0.654. The van der Waals surface area contributed by atoms with E-state index in [1.807, 2.05) is 13.8 Å². The van der Waals surface area contributed by atoms with Crippen LogP contribution >= 0.6 is 0 Å². The Balaban J connectivity index is 1.71. The predicted octanol–water partition coefficient (Wildman–Crippen LogP) is 4.53. The number of amides is 2. The van der Waals surface area contributed by atoms with E-state index in [1.165, 1.54) is 37.8 Å². The summed E-state index contributed by atoms with van der Waals surface area (Å²) in [7, 11) is 0. The van der Waals surface area contributed by atoms with Crippen LogP contribution in [0.25, 0.3) is 6.08 Å². The molecule has 2 fully saturated rings. The summed E-state index contributed by atoms with van der Waals surface area (Å²) >= 11 is 0. The Labute approximate surface area is 192 Å². The largest absolute Gasteiger partial charge is 0.356 e. The third-order valence-electron chi connectivity index (χ3n) is 7.01. The summed E-state index contributed by atoms with van der Waals surface area (Å²) in [5, 5.41) is 12.8. The van der Waals surface area contributed by atoms with Crippen molar-refractivity contribution in [2.45, 2.75) is 78.7 Å². The summed E-state index contributed by atoms with van der Waals surface area (Å²) in [5.41, 5.74) is 3.50. The zero-order chi connectivity index (χ0) is 23.3. The van der Waals surface area contributed by atoms with Crippen molar-refractivity contribution >= 4 is 17.9 Å². The van der Waals surface area contributed by atoms with Crippen LogP contribution in [0.1, 0.15) is 81.8 Å². The van der Waals surface area contributed by atoms with Gasteiger partial charge in [0.25, 0.3) is 5.91 Å². The van der Waals surface area contributed by atoms with Gasteiger partial charge in [-0.3, -0.25) is 9.59 Å². The molecule has 2 amide bonds. The van der Waals surface area contributed by atoms with Gasteiger partial charge in [0, 0.05) is 43.0 Å². The Bertz CT molecular complexity index is 900. The van der Waals surface area contributed by atoms with E-state index in [0.717, 1.165) is 24.1 Å². The molecule has 1 atom stereocenters. The standard InChI is InChI=1S/C26H38N4O2/c1-18(2)25(31)28-16-21-9-8-12-29(17-21)26(32)23(15-27)14-22-13-19(3)30(20(22)4)24-10-6-5-7-11-24/h13-14,18,21,24H,5-12,16-17H2,1-4H3,(H,28,31)/b23-14+. The molecular formula is C26H38N4O2. The molecule has 1 N–H and O–H groups in total. The minimum absolute atomic E-state index is 0.0411. The molecule has 0 bridgehead atoms. The molecule has 3 rings (SSSR count). The maximum atomic E-state index is 13.2. The number of nitrogens with zero attached hydrogens (tertiary/aromatic N) is 3. The van der Waals surface area contributed by atoms with Gasteiger partial charge in [0.15, 0.2) is 0 Å². The van der Waals surface area contributed by atoms with E-state index in [0.29, 0.717) is 25.7 Å². The number of aromatic nitrogens is 1. The van der Waals surface area contributed by atoms with Crippen molar-refractivity contribution in [3.05, 3.63) is 28.6 Å². The summed E-state index contributed by atoms with van der Waals surface area (Å²) in [5.74, 6) is 0.0259. The van der Waals surface area contributed by atoms with Gasteiger partial charge in [-0.15, -0.1) is 0 Å². The lowest BCUT2D eigenvalue weighted by Crippen LogP contribution is -2.44. The molecule has 2 aliphatic rings. The lowest BCUT2D eigenvalue weighted by atomic mass is 9.95. The van der Waals surface area contributed by atoms with Gasteiger partial charge in [0.1, 0.15) is 11.6 Å². The van der Waals surface area contributed by atoms with Crippen LogP contribution < -0.4 is 5.32 Å². The van der Waals surface area contributed by atoms with Gasteiger partial charge in [-0.1, -0.05) is 33.1 Å². The molecule has 0 aromatic carbocycles. The molecule has 6 heteroatoms. The number of likely N-dealkylation sites (tertiary alicyclic amines) is 1. The molecule has 174 valence electrons. The number of piperidine rings is 1. The Morgan fingerprint density at radius 3 is 2.56 bits per heavy atom. The molecule has 2 heterocycles. The molecule has 6 nitrogen and oxygen atoms in total. The molecule has 1 aromatic rings. The number of aryl methyl sites for hydroxylation is 1. The van der Waals surface area contributed by atoms with Gasteiger partial charge in [-0.25, -0.2) is 0 Å². The third kappa shape index (κ3) is 5.62. The number of nitrogens with one attached hydrogen (secondary N) is 1. The Hall–Kier alpha value is -2.55. The first-order valence-electron chi connectivity index (χ1n) is 12.2. The Kier molecular flexibility index (Phi) is 8.17. The van der Waals surface area contributed by atoms with Gasteiger partial charge < -0.3 is 14.8 Å². The number of nitriles is 1. The first kappa shape index (κ1) is 24.1. The molecule has 1 aliphatic carbocycles. The fourth-order valence-corrected chi connectivity index (χ4v) is 5.18. The molecule has 0 radical (unpaired) electrons. The number of hydrogen-bond acceptors (Lipinski definition) is 3. The molecule has 1 aliphatic heterocycles. The summed E-state index contributed by atoms with van der Waals surface area (Å²) in [4.78, 5) is 26.8. The summed E-state index contributed by atoms with van der Waals surface area (Å²) in [6.45, 7) is 9.79. The quantitative estimate of drug-likeness (QED) is 0.524. The van der Waals surface area contributed by atoms with E-state index < -0.39 is 0 Å². The van der Waals surface area contributed by atoms with Gasteiger partial charge in [-0.2, -0.15) is 5.26 Å². The lowest BCUT2D eigenvalue weighted by Gasteiger charge is -2.32. The lowest BCUT2D eigenvalue weighted by molar-refractivity contribution is -0.128. The second kappa shape index (κ2) is 10.8. The minimum atomic E-state index is -0.199.